The molecule has 5 fully saturated rings. The Morgan fingerprint density at radius 3 is 2.19 bits per heavy atom. The molecule has 0 radical (unpaired) electrons. The number of hydrogen-bond donors (Lipinski definition) is 0. The van der Waals surface area contributed by atoms with Gasteiger partial charge < -0.3 is 14.3 Å². The van der Waals surface area contributed by atoms with Crippen LogP contribution in [-0.2, 0) is 14.3 Å². The Morgan fingerprint density at radius 1 is 0.830 bits per heavy atom. The van der Waals surface area contributed by atoms with Crippen molar-refractivity contribution in [3.05, 3.63) is 37.4 Å². The molecule has 11 atom stereocenters. The lowest BCUT2D eigenvalue weighted by atomic mass is 9.32. The molecule has 9 nitrogen and oxygen atoms in total. The lowest BCUT2D eigenvalue weighted by molar-refractivity contribution is -0.250. The van der Waals surface area contributed by atoms with Gasteiger partial charge >= 0.3 is 12.2 Å². The molecule has 5 saturated carbocycles. The SMILES string of the molecule is C[C@@H](C=O)[C@@H]1CC[C@]2(COC(=O)n3ccnc3)CC[C@]3(C)[C@H](CC[C@@H]4[C@@]5(C)CC[C@H](OC(=O)n6ccnc6)C(C)(C)[C@@H]5CC[C@]43C)[C@@H]12. The van der Waals surface area contributed by atoms with Gasteiger partial charge in [-0.1, -0.05) is 41.5 Å². The number of fused-ring (bicyclic) bond motifs is 7. The number of aromatic nitrogens is 4. The maximum Gasteiger partial charge on any atom is 0.419 e. The van der Waals surface area contributed by atoms with Crippen molar-refractivity contribution in [2.24, 2.45) is 62.6 Å². The van der Waals surface area contributed by atoms with Crippen molar-refractivity contribution >= 4 is 18.5 Å². The molecule has 0 spiro atoms. The number of hydrogen-bond acceptors (Lipinski definition) is 7. The van der Waals surface area contributed by atoms with E-state index in [1.807, 2.05) is 0 Å². The number of carbonyl (C=O) groups excluding carboxylic acids is 3. The molecule has 7 rings (SSSR count). The molecule has 5 aliphatic rings. The third-order valence-electron chi connectivity index (χ3n) is 15.6. The van der Waals surface area contributed by atoms with Gasteiger partial charge in [0.05, 0.1) is 6.61 Å². The summed E-state index contributed by atoms with van der Waals surface area (Å²) in [6.07, 6.45) is 20.6. The largest absolute Gasteiger partial charge is 0.448 e. The van der Waals surface area contributed by atoms with Gasteiger partial charge in [0.15, 0.2) is 0 Å². The molecule has 2 heterocycles. The Balaban J connectivity index is 1.16. The van der Waals surface area contributed by atoms with Gasteiger partial charge in [0.2, 0.25) is 0 Å². The van der Waals surface area contributed by atoms with Crippen LogP contribution in [0.4, 0.5) is 9.59 Å². The number of carbonyl (C=O) groups is 3. The van der Waals surface area contributed by atoms with Crippen molar-refractivity contribution in [2.45, 2.75) is 112 Å². The number of aldehydes is 1. The Kier molecular flexibility index (Phi) is 7.83. The molecule has 47 heavy (non-hydrogen) atoms. The molecular weight excluding hydrogens is 592 g/mol. The first-order chi connectivity index (χ1) is 22.3. The number of rotatable bonds is 5. The lowest BCUT2D eigenvalue weighted by Gasteiger charge is -2.73. The van der Waals surface area contributed by atoms with E-state index >= 15 is 0 Å². The lowest BCUT2D eigenvalue weighted by Crippen LogP contribution is -2.67. The van der Waals surface area contributed by atoms with Crippen molar-refractivity contribution in [1.82, 2.24) is 19.1 Å². The van der Waals surface area contributed by atoms with E-state index in [1.165, 1.54) is 40.9 Å². The summed E-state index contributed by atoms with van der Waals surface area (Å²) in [7, 11) is 0. The summed E-state index contributed by atoms with van der Waals surface area (Å²) in [6.45, 7) is 15.0. The Hall–Kier alpha value is -2.97. The van der Waals surface area contributed by atoms with Crippen molar-refractivity contribution < 1.29 is 23.9 Å². The normalized spacial score (nSPS) is 42.6. The molecule has 0 aromatic carbocycles. The fourth-order valence-electron chi connectivity index (χ4n) is 13.1. The highest BCUT2D eigenvalue weighted by Gasteiger charge is 2.71. The van der Waals surface area contributed by atoms with Crippen LogP contribution in [0.1, 0.15) is 106 Å². The zero-order valence-corrected chi connectivity index (χ0v) is 29.2. The van der Waals surface area contributed by atoms with E-state index < -0.39 is 0 Å². The van der Waals surface area contributed by atoms with Crippen LogP contribution in [0.5, 0.6) is 0 Å². The zero-order valence-electron chi connectivity index (χ0n) is 29.2. The minimum atomic E-state index is -0.369. The molecule has 0 saturated heterocycles. The fourth-order valence-corrected chi connectivity index (χ4v) is 13.1. The van der Waals surface area contributed by atoms with E-state index in [9.17, 15) is 14.4 Å². The highest BCUT2D eigenvalue weighted by Crippen LogP contribution is 2.77. The highest BCUT2D eigenvalue weighted by molar-refractivity contribution is 5.70. The van der Waals surface area contributed by atoms with Gasteiger partial charge in [0.1, 0.15) is 25.0 Å². The summed E-state index contributed by atoms with van der Waals surface area (Å²) in [5.74, 6) is 2.19. The first-order valence-corrected chi connectivity index (χ1v) is 18.1. The maximum absolute atomic E-state index is 13.0. The van der Waals surface area contributed by atoms with E-state index in [-0.39, 0.29) is 51.3 Å². The van der Waals surface area contributed by atoms with Gasteiger partial charge in [-0.15, -0.1) is 0 Å². The molecule has 0 amide bonds. The van der Waals surface area contributed by atoms with Gasteiger partial charge in [-0.2, -0.15) is 0 Å². The van der Waals surface area contributed by atoms with Gasteiger partial charge in [0.25, 0.3) is 0 Å². The summed E-state index contributed by atoms with van der Waals surface area (Å²) in [5, 5.41) is 0. The molecule has 9 heteroatoms. The zero-order chi connectivity index (χ0) is 33.4. The Bertz CT molecular complexity index is 1490. The average Bonchev–Trinajstić information content (AvgIpc) is 3.83. The number of imidazole rings is 2. The first kappa shape index (κ1) is 32.6. The molecular formula is C38H54N4O5. The van der Waals surface area contributed by atoms with Crippen LogP contribution in [0.2, 0.25) is 0 Å². The van der Waals surface area contributed by atoms with Crippen molar-refractivity contribution in [1.29, 1.82) is 0 Å². The van der Waals surface area contributed by atoms with Crippen LogP contribution in [-0.4, -0.2) is 50.3 Å². The van der Waals surface area contributed by atoms with Crippen LogP contribution < -0.4 is 0 Å². The molecule has 0 N–H and O–H groups in total. The summed E-state index contributed by atoms with van der Waals surface area (Å²) in [4.78, 5) is 46.3. The van der Waals surface area contributed by atoms with Crippen LogP contribution in [0.3, 0.4) is 0 Å². The monoisotopic (exact) mass is 646 g/mol. The van der Waals surface area contributed by atoms with E-state index in [4.69, 9.17) is 9.47 Å². The molecule has 0 unspecified atom stereocenters. The van der Waals surface area contributed by atoms with Gasteiger partial charge in [0, 0.05) is 41.5 Å². The second kappa shape index (κ2) is 11.3. The Morgan fingerprint density at radius 2 is 1.53 bits per heavy atom. The summed E-state index contributed by atoms with van der Waals surface area (Å²) in [6, 6.07) is 0. The van der Waals surface area contributed by atoms with E-state index in [0.29, 0.717) is 36.2 Å². The van der Waals surface area contributed by atoms with Crippen LogP contribution in [0.25, 0.3) is 0 Å². The number of ether oxygens (including phenoxy) is 2. The maximum atomic E-state index is 13.0. The standard InChI is InChI=1S/C38H54N4O5/c1-25(21-43)26-9-14-38(22-46-32(44)41-19-17-39-23-41)16-15-36(5)27(31(26)38)7-8-29-35(4)12-11-30(47-33(45)42-20-18-40-24-42)34(2,3)28(35)10-13-37(29,36)6/h17-21,23-31H,7-16,22H2,1-6H3/t25-,26-,27+,28-,29+,30-,31+,35-,36+,37+,38+/m0/s1. The van der Waals surface area contributed by atoms with Gasteiger partial charge in [-0.25, -0.2) is 28.7 Å². The molecule has 0 aliphatic heterocycles. The number of nitrogens with zero attached hydrogens (tertiary/aromatic N) is 4. The summed E-state index contributed by atoms with van der Waals surface area (Å²) in [5.41, 5.74) is 0.217. The summed E-state index contributed by atoms with van der Waals surface area (Å²) < 4.78 is 15.1. The Labute approximate surface area is 279 Å². The van der Waals surface area contributed by atoms with Crippen molar-refractivity contribution in [3.63, 3.8) is 0 Å². The predicted octanol–water partition coefficient (Wildman–Crippen LogP) is 8.03. The molecule has 5 aliphatic carbocycles. The smallest absolute Gasteiger partial charge is 0.419 e. The van der Waals surface area contributed by atoms with E-state index in [2.05, 4.69) is 51.5 Å². The predicted molar refractivity (Wildman–Crippen MR) is 176 cm³/mol. The second-order valence-electron chi connectivity index (χ2n) is 17.5. The van der Waals surface area contributed by atoms with E-state index in [0.717, 1.165) is 51.4 Å². The van der Waals surface area contributed by atoms with Gasteiger partial charge in [-0.3, -0.25) is 0 Å². The van der Waals surface area contributed by atoms with E-state index in [1.54, 1.807) is 24.8 Å². The average molecular weight is 647 g/mol. The third-order valence-corrected chi connectivity index (χ3v) is 15.6. The molecule has 0 bridgehead atoms. The van der Waals surface area contributed by atoms with Crippen LogP contribution >= 0.6 is 0 Å². The second-order valence-corrected chi connectivity index (χ2v) is 17.5. The topological polar surface area (TPSA) is 105 Å². The molecule has 2 aromatic heterocycles. The molecule has 2 aromatic rings. The minimum absolute atomic E-state index is 0.00605. The van der Waals surface area contributed by atoms with Crippen molar-refractivity contribution in [2.75, 3.05) is 6.61 Å². The van der Waals surface area contributed by atoms with Crippen LogP contribution in [0, 0.1) is 62.6 Å². The minimum Gasteiger partial charge on any atom is -0.448 e. The quantitative estimate of drug-likeness (QED) is 0.303. The summed E-state index contributed by atoms with van der Waals surface area (Å²) >= 11 is 0. The van der Waals surface area contributed by atoms with Crippen LogP contribution in [0.15, 0.2) is 37.4 Å². The third kappa shape index (κ3) is 4.71. The first-order valence-electron chi connectivity index (χ1n) is 18.1. The van der Waals surface area contributed by atoms with Crippen molar-refractivity contribution in [3.8, 4) is 0 Å². The van der Waals surface area contributed by atoms with Gasteiger partial charge in [-0.05, 0) is 110 Å². The fraction of sp³-hybridized carbons (Fsp3) is 0.763. The molecule has 256 valence electrons. The highest BCUT2D eigenvalue weighted by atomic mass is 16.6.